The average molecular weight is 965 g/mol. The molecule has 76 heavy (non-hydrogen) atoms. The predicted octanol–water partition coefficient (Wildman–Crippen LogP) is 18.6. The van der Waals surface area contributed by atoms with Crippen molar-refractivity contribution in [3.05, 3.63) is 336 Å². The Bertz CT molecular complexity index is 4430. The number of hydrogen-bond acceptors (Lipinski definition) is 1. The van der Waals surface area contributed by atoms with Crippen LogP contribution in [0.2, 0.25) is 0 Å². The van der Waals surface area contributed by atoms with Gasteiger partial charge in [-0.05, 0) is 132 Å². The molecule has 2 aliphatic carbocycles. The average Bonchev–Trinajstić information content (AvgIpc) is 4.12. The maximum absolute atomic E-state index is 2.55. The summed E-state index contributed by atoms with van der Waals surface area (Å²) < 4.78 is 2.53. The second-order valence-corrected chi connectivity index (χ2v) is 20.7. The van der Waals surface area contributed by atoms with E-state index in [1.165, 1.54) is 105 Å². The third-order valence-corrected chi connectivity index (χ3v) is 17.1. The molecular formula is C74H48N2. The normalized spacial score (nSPS) is 15.0. The molecule has 0 bridgehead atoms. The van der Waals surface area contributed by atoms with E-state index in [9.17, 15) is 0 Å². The maximum Gasteiger partial charge on any atom is 0.0755 e. The summed E-state index contributed by atoms with van der Waals surface area (Å²) in [5, 5.41) is 2.54. The Morgan fingerprint density at radius 3 is 1.45 bits per heavy atom. The summed E-state index contributed by atoms with van der Waals surface area (Å²) in [4.78, 5) is 2.55. The lowest BCUT2D eigenvalue weighted by Crippen LogP contribution is -2.33. The number of aromatic nitrogens is 1. The highest BCUT2D eigenvalue weighted by atomic mass is 15.1. The van der Waals surface area contributed by atoms with Crippen molar-refractivity contribution in [3.63, 3.8) is 0 Å². The number of nitrogens with zero attached hydrogens (tertiary/aromatic N) is 2. The lowest BCUT2D eigenvalue weighted by Gasteiger charge is -2.40. The summed E-state index contributed by atoms with van der Waals surface area (Å²) >= 11 is 0. The van der Waals surface area contributed by atoms with Gasteiger partial charge in [0.25, 0.3) is 0 Å². The molecule has 1 aromatic heterocycles. The minimum Gasteiger partial charge on any atom is -0.310 e. The molecule has 1 spiro atoms. The van der Waals surface area contributed by atoms with Gasteiger partial charge in [0.1, 0.15) is 0 Å². The van der Waals surface area contributed by atoms with E-state index >= 15 is 0 Å². The second-order valence-electron chi connectivity index (χ2n) is 20.7. The van der Waals surface area contributed by atoms with Gasteiger partial charge in [-0.15, -0.1) is 0 Å². The number of rotatable bonds is 7. The SMILES string of the molecule is c1ccc(-c2cccc(-c3ccccc3N(c3ccc4c(c3)C(c3ccccc3)(c3ccccc3)c3ccccc3-4)c3ccc4c(c3)C3(c5ccccc5-4)c4ccccc4-n4c5ccccc5c5cccc3c54)c2)cc1. The summed E-state index contributed by atoms with van der Waals surface area (Å²) in [6.07, 6.45) is 0. The Morgan fingerprint density at radius 2 is 0.750 bits per heavy atom. The van der Waals surface area contributed by atoms with Crippen molar-refractivity contribution in [2.24, 2.45) is 0 Å². The van der Waals surface area contributed by atoms with Crippen LogP contribution in [0.15, 0.2) is 291 Å². The van der Waals surface area contributed by atoms with Gasteiger partial charge in [-0.2, -0.15) is 0 Å². The number of para-hydroxylation sites is 4. The van der Waals surface area contributed by atoms with Crippen molar-refractivity contribution in [3.8, 4) is 50.2 Å². The molecule has 2 nitrogen and oxygen atoms in total. The van der Waals surface area contributed by atoms with Gasteiger partial charge >= 0.3 is 0 Å². The molecule has 1 aliphatic heterocycles. The minimum absolute atomic E-state index is 0.577. The maximum atomic E-state index is 2.55. The molecule has 0 radical (unpaired) electrons. The first-order chi connectivity index (χ1) is 37.7. The van der Waals surface area contributed by atoms with Crippen LogP contribution in [0.4, 0.5) is 17.1 Å². The highest BCUT2D eigenvalue weighted by Gasteiger charge is 2.51. The molecule has 16 rings (SSSR count). The molecule has 0 fully saturated rings. The van der Waals surface area contributed by atoms with Gasteiger partial charge in [0, 0.05) is 27.7 Å². The number of benzene rings is 12. The molecular weight excluding hydrogens is 917 g/mol. The van der Waals surface area contributed by atoms with E-state index < -0.39 is 10.8 Å². The summed E-state index contributed by atoms with van der Waals surface area (Å²) in [5.74, 6) is 0. The molecule has 1 unspecified atom stereocenters. The fourth-order valence-corrected chi connectivity index (χ4v) is 14.1. The molecule has 354 valence electrons. The van der Waals surface area contributed by atoms with Crippen molar-refractivity contribution in [2.75, 3.05) is 4.90 Å². The van der Waals surface area contributed by atoms with E-state index in [0.717, 1.165) is 28.2 Å². The zero-order chi connectivity index (χ0) is 50.0. The summed E-state index contributed by atoms with van der Waals surface area (Å²) in [7, 11) is 0. The van der Waals surface area contributed by atoms with Gasteiger partial charge in [-0.3, -0.25) is 0 Å². The lowest BCUT2D eigenvalue weighted by atomic mass is 9.65. The molecule has 0 N–H and O–H groups in total. The summed E-state index contributed by atoms with van der Waals surface area (Å²) in [5.41, 5.74) is 25.8. The number of fused-ring (bicyclic) bond motifs is 15. The number of anilines is 3. The zero-order valence-corrected chi connectivity index (χ0v) is 41.6. The zero-order valence-electron chi connectivity index (χ0n) is 41.6. The van der Waals surface area contributed by atoms with Crippen LogP contribution in [0.3, 0.4) is 0 Å². The first kappa shape index (κ1) is 42.7. The monoisotopic (exact) mass is 964 g/mol. The Balaban J connectivity index is 0.997. The molecule has 2 heterocycles. The molecule has 0 saturated carbocycles. The molecule has 2 heteroatoms. The fraction of sp³-hybridized carbons (Fsp3) is 0.0270. The van der Waals surface area contributed by atoms with E-state index in [-0.39, 0.29) is 0 Å². The molecule has 13 aromatic rings. The van der Waals surface area contributed by atoms with Crippen molar-refractivity contribution < 1.29 is 0 Å². The third kappa shape index (κ3) is 5.76. The largest absolute Gasteiger partial charge is 0.310 e. The highest BCUT2D eigenvalue weighted by Crippen LogP contribution is 2.63. The first-order valence-electron chi connectivity index (χ1n) is 26.5. The lowest BCUT2D eigenvalue weighted by molar-refractivity contribution is 0.748. The van der Waals surface area contributed by atoms with Crippen LogP contribution < -0.4 is 4.90 Å². The first-order valence-corrected chi connectivity index (χ1v) is 26.5. The van der Waals surface area contributed by atoms with Crippen LogP contribution in [-0.4, -0.2) is 4.57 Å². The molecule has 0 saturated heterocycles. The van der Waals surface area contributed by atoms with Gasteiger partial charge in [0.15, 0.2) is 0 Å². The highest BCUT2D eigenvalue weighted by molar-refractivity contribution is 6.13. The van der Waals surface area contributed by atoms with Gasteiger partial charge in [0.2, 0.25) is 0 Å². The van der Waals surface area contributed by atoms with Crippen molar-refractivity contribution >= 4 is 38.9 Å². The molecule has 3 aliphatic rings. The van der Waals surface area contributed by atoms with Crippen LogP contribution in [-0.2, 0) is 10.8 Å². The minimum atomic E-state index is -0.618. The molecule has 1 atom stereocenters. The van der Waals surface area contributed by atoms with E-state index in [4.69, 9.17) is 0 Å². The van der Waals surface area contributed by atoms with Gasteiger partial charge in [0.05, 0.1) is 33.2 Å². The second kappa shape index (κ2) is 16.4. The van der Waals surface area contributed by atoms with E-state index in [2.05, 4.69) is 301 Å². The summed E-state index contributed by atoms with van der Waals surface area (Å²) in [6.45, 7) is 0. The van der Waals surface area contributed by atoms with Crippen LogP contribution in [0.1, 0.15) is 44.5 Å². The van der Waals surface area contributed by atoms with Crippen molar-refractivity contribution in [2.45, 2.75) is 10.8 Å². The Kier molecular flexibility index (Phi) is 9.20. The van der Waals surface area contributed by atoms with Crippen LogP contribution >= 0.6 is 0 Å². The standard InChI is InChI=1S/C74H48N2/c1-4-22-49(23-5-1)50-24-20-25-51(46-50)56-30-12-17-39-69(56)75(54-42-44-59-57-31-10-14-35-63(57)73(67(59)47-54,52-26-6-2-7-27-52)53-28-8-3-9-29-53)55-43-45-60-58-32-11-15-36-64(58)74(68(60)48-55)65-37-16-19-41-71(65)76-70-40-18-13-33-61(70)62-34-21-38-66(74)72(62)76/h1-48H. The Hall–Kier alpha value is -9.76. The Labute approximate surface area is 442 Å². The van der Waals surface area contributed by atoms with Gasteiger partial charge in [-0.25, -0.2) is 0 Å². The topological polar surface area (TPSA) is 8.17 Å². The van der Waals surface area contributed by atoms with Crippen LogP contribution in [0.5, 0.6) is 0 Å². The van der Waals surface area contributed by atoms with E-state index in [1.807, 2.05) is 0 Å². The van der Waals surface area contributed by atoms with Crippen LogP contribution in [0.25, 0.3) is 72.0 Å². The summed E-state index contributed by atoms with van der Waals surface area (Å²) in [6, 6.07) is 109. The van der Waals surface area contributed by atoms with Crippen molar-refractivity contribution in [1.29, 1.82) is 0 Å². The molecule has 12 aromatic carbocycles. The van der Waals surface area contributed by atoms with Crippen molar-refractivity contribution in [1.82, 2.24) is 4.57 Å². The predicted molar refractivity (Wildman–Crippen MR) is 315 cm³/mol. The molecule has 0 amide bonds. The van der Waals surface area contributed by atoms with Gasteiger partial charge in [-0.1, -0.05) is 243 Å². The quantitative estimate of drug-likeness (QED) is 0.155. The Morgan fingerprint density at radius 1 is 0.276 bits per heavy atom. The smallest absolute Gasteiger partial charge is 0.0755 e. The fourth-order valence-electron chi connectivity index (χ4n) is 14.1. The van der Waals surface area contributed by atoms with E-state index in [1.54, 1.807) is 0 Å². The number of hydrogen-bond donors (Lipinski definition) is 0. The van der Waals surface area contributed by atoms with Gasteiger partial charge < -0.3 is 9.47 Å². The third-order valence-electron chi connectivity index (χ3n) is 17.1. The van der Waals surface area contributed by atoms with Crippen LogP contribution in [0, 0.1) is 0 Å². The van der Waals surface area contributed by atoms with E-state index in [0.29, 0.717) is 0 Å².